The van der Waals surface area contributed by atoms with Crippen LogP contribution in [0.3, 0.4) is 0 Å². The molecule has 1 N–H and O–H groups in total. The Labute approximate surface area is 208 Å². The molecule has 1 aliphatic heterocycles. The van der Waals surface area contributed by atoms with E-state index in [2.05, 4.69) is 10.1 Å². The van der Waals surface area contributed by atoms with Gasteiger partial charge in [-0.25, -0.2) is 9.59 Å². The number of hydrogen-bond acceptors (Lipinski definition) is 8. The Hall–Kier alpha value is -4.21. The van der Waals surface area contributed by atoms with Gasteiger partial charge < -0.3 is 24.4 Å². The molecular formula is C26H28N2O8. The molecule has 0 bridgehead atoms. The molecular weight excluding hydrogens is 468 g/mol. The molecule has 0 unspecified atom stereocenters. The number of ether oxygens (including phenoxy) is 3. The number of amides is 2. The predicted molar refractivity (Wildman–Crippen MR) is 129 cm³/mol. The van der Waals surface area contributed by atoms with Crippen molar-refractivity contribution >= 4 is 41.1 Å². The third kappa shape index (κ3) is 6.91. The molecule has 1 saturated heterocycles. The fraction of sp³-hybridized carbons (Fsp3) is 0.346. The van der Waals surface area contributed by atoms with Crippen LogP contribution in [0.5, 0.6) is 0 Å². The van der Waals surface area contributed by atoms with E-state index in [1.165, 1.54) is 36.3 Å². The van der Waals surface area contributed by atoms with Crippen molar-refractivity contribution in [1.82, 2.24) is 0 Å². The minimum absolute atomic E-state index is 0.0466. The summed E-state index contributed by atoms with van der Waals surface area (Å²) in [5, 5.41) is 2.59. The lowest BCUT2D eigenvalue weighted by molar-refractivity contribution is -0.151. The first-order valence-corrected chi connectivity index (χ1v) is 11.5. The smallest absolute Gasteiger partial charge is 0.338 e. The first-order chi connectivity index (χ1) is 17.3. The van der Waals surface area contributed by atoms with Gasteiger partial charge in [0.25, 0.3) is 5.91 Å². The highest BCUT2D eigenvalue weighted by atomic mass is 16.5. The van der Waals surface area contributed by atoms with E-state index in [9.17, 15) is 24.0 Å². The number of nitrogens with one attached hydrogen (secondary N) is 1. The maximum absolute atomic E-state index is 12.4. The summed E-state index contributed by atoms with van der Waals surface area (Å²) in [6.07, 6.45) is 1.66. The van der Waals surface area contributed by atoms with Gasteiger partial charge in [0.15, 0.2) is 6.61 Å². The summed E-state index contributed by atoms with van der Waals surface area (Å²) < 4.78 is 14.9. The summed E-state index contributed by atoms with van der Waals surface area (Å²) in [5.41, 5.74) is 1.68. The van der Waals surface area contributed by atoms with Crippen molar-refractivity contribution in [1.29, 1.82) is 0 Å². The average molecular weight is 497 g/mol. The fourth-order valence-electron chi connectivity index (χ4n) is 3.54. The maximum Gasteiger partial charge on any atom is 0.338 e. The largest absolute Gasteiger partial charge is 0.465 e. The first-order valence-electron chi connectivity index (χ1n) is 11.5. The van der Waals surface area contributed by atoms with Crippen LogP contribution in [-0.4, -0.2) is 56.6 Å². The van der Waals surface area contributed by atoms with Gasteiger partial charge in [0.05, 0.1) is 30.8 Å². The molecule has 0 aliphatic carbocycles. The fourth-order valence-corrected chi connectivity index (χ4v) is 3.54. The second-order valence-corrected chi connectivity index (χ2v) is 8.17. The van der Waals surface area contributed by atoms with Gasteiger partial charge in [-0.2, -0.15) is 0 Å². The van der Waals surface area contributed by atoms with Gasteiger partial charge in [0.1, 0.15) is 0 Å². The highest BCUT2D eigenvalue weighted by Gasteiger charge is 2.36. The molecule has 2 aromatic carbocycles. The molecule has 0 spiro atoms. The number of rotatable bonds is 10. The first kappa shape index (κ1) is 26.4. The average Bonchev–Trinajstić information content (AvgIpc) is 3.29. The summed E-state index contributed by atoms with van der Waals surface area (Å²) in [5.74, 6) is -3.12. The minimum Gasteiger partial charge on any atom is -0.465 e. The number of carbonyl (C=O) groups is 5. The van der Waals surface area contributed by atoms with Crippen LogP contribution in [0.1, 0.15) is 46.9 Å². The zero-order valence-corrected chi connectivity index (χ0v) is 20.2. The molecule has 0 aromatic heterocycles. The number of benzene rings is 2. The highest BCUT2D eigenvalue weighted by Crippen LogP contribution is 2.26. The molecule has 10 nitrogen and oxygen atoms in total. The topological polar surface area (TPSA) is 128 Å². The Kier molecular flexibility index (Phi) is 9.15. The highest BCUT2D eigenvalue weighted by molar-refractivity contribution is 6.00. The van der Waals surface area contributed by atoms with Crippen molar-refractivity contribution in [3.8, 4) is 0 Å². The van der Waals surface area contributed by atoms with Gasteiger partial charge in [-0.15, -0.1) is 0 Å². The number of unbranched alkanes of at least 4 members (excludes halogenated alkanes) is 1. The molecule has 10 heteroatoms. The number of methoxy groups -OCH3 is 1. The van der Waals surface area contributed by atoms with E-state index in [0.717, 1.165) is 12.8 Å². The summed E-state index contributed by atoms with van der Waals surface area (Å²) >= 11 is 0. The van der Waals surface area contributed by atoms with E-state index in [0.29, 0.717) is 29.1 Å². The van der Waals surface area contributed by atoms with Gasteiger partial charge in [-0.1, -0.05) is 13.3 Å². The van der Waals surface area contributed by atoms with Crippen LogP contribution in [-0.2, 0) is 28.6 Å². The van der Waals surface area contributed by atoms with Gasteiger partial charge in [0.2, 0.25) is 5.91 Å². The number of nitrogens with zero attached hydrogens (tertiary/aromatic N) is 1. The summed E-state index contributed by atoms with van der Waals surface area (Å²) in [6.45, 7) is 1.94. The van der Waals surface area contributed by atoms with Crippen molar-refractivity contribution < 1.29 is 38.2 Å². The zero-order chi connectivity index (χ0) is 26.1. The number of anilines is 2. The van der Waals surface area contributed by atoms with Crippen LogP contribution in [0.25, 0.3) is 0 Å². The second-order valence-electron chi connectivity index (χ2n) is 8.17. The Morgan fingerprint density at radius 2 is 1.58 bits per heavy atom. The molecule has 2 aromatic rings. The Morgan fingerprint density at radius 1 is 0.944 bits per heavy atom. The van der Waals surface area contributed by atoms with Crippen LogP contribution in [0, 0.1) is 5.92 Å². The standard InChI is InChI=1S/C26H28N2O8/c1-3-4-13-35-25(32)18-5-9-20(10-6-18)27-22(29)16-36-26(33)19-14-23(30)28(15-19)21-11-7-17(8-12-21)24(31)34-2/h5-12,19H,3-4,13-16H2,1-2H3,(H,27,29)/t19-/m1/s1. The molecule has 2 amide bonds. The molecule has 1 fully saturated rings. The van der Waals surface area contributed by atoms with Gasteiger partial charge >= 0.3 is 17.9 Å². The molecule has 3 rings (SSSR count). The van der Waals surface area contributed by atoms with E-state index >= 15 is 0 Å². The van der Waals surface area contributed by atoms with E-state index < -0.39 is 36.3 Å². The van der Waals surface area contributed by atoms with E-state index in [4.69, 9.17) is 9.47 Å². The van der Waals surface area contributed by atoms with E-state index in [1.807, 2.05) is 6.92 Å². The Bertz CT molecular complexity index is 1110. The molecule has 0 radical (unpaired) electrons. The van der Waals surface area contributed by atoms with Crippen molar-refractivity contribution in [3.63, 3.8) is 0 Å². The van der Waals surface area contributed by atoms with Crippen molar-refractivity contribution in [3.05, 3.63) is 59.7 Å². The molecule has 36 heavy (non-hydrogen) atoms. The summed E-state index contributed by atoms with van der Waals surface area (Å²) in [4.78, 5) is 62.0. The number of hydrogen-bond donors (Lipinski definition) is 1. The van der Waals surface area contributed by atoms with Crippen molar-refractivity contribution in [2.75, 3.05) is 37.1 Å². The monoisotopic (exact) mass is 496 g/mol. The summed E-state index contributed by atoms with van der Waals surface area (Å²) in [6, 6.07) is 12.4. The summed E-state index contributed by atoms with van der Waals surface area (Å²) in [7, 11) is 1.28. The number of carbonyl (C=O) groups excluding carboxylic acids is 5. The minimum atomic E-state index is -0.719. The Morgan fingerprint density at radius 3 is 2.22 bits per heavy atom. The quantitative estimate of drug-likeness (QED) is 0.302. The third-order valence-electron chi connectivity index (χ3n) is 5.54. The lowest BCUT2D eigenvalue weighted by Crippen LogP contribution is -2.28. The van der Waals surface area contributed by atoms with Gasteiger partial charge in [0, 0.05) is 24.3 Å². The van der Waals surface area contributed by atoms with Crippen LogP contribution in [0.2, 0.25) is 0 Å². The molecule has 190 valence electrons. The lowest BCUT2D eigenvalue weighted by atomic mass is 10.1. The maximum atomic E-state index is 12.4. The zero-order valence-electron chi connectivity index (χ0n) is 20.2. The predicted octanol–water partition coefficient (Wildman–Crippen LogP) is 2.96. The van der Waals surface area contributed by atoms with Crippen LogP contribution in [0.15, 0.2) is 48.5 Å². The van der Waals surface area contributed by atoms with Gasteiger partial charge in [-0.05, 0) is 55.0 Å². The normalized spacial score (nSPS) is 14.8. The van der Waals surface area contributed by atoms with Crippen LogP contribution >= 0.6 is 0 Å². The SMILES string of the molecule is CCCCOC(=O)c1ccc(NC(=O)COC(=O)[C@@H]2CC(=O)N(c3ccc(C(=O)OC)cc3)C2)cc1. The van der Waals surface area contributed by atoms with E-state index in [-0.39, 0.29) is 18.9 Å². The lowest BCUT2D eigenvalue weighted by Gasteiger charge is -2.16. The van der Waals surface area contributed by atoms with Crippen LogP contribution in [0.4, 0.5) is 11.4 Å². The second kappa shape index (κ2) is 12.5. The Balaban J connectivity index is 1.46. The molecule has 1 atom stereocenters. The molecule has 1 aliphatic rings. The van der Waals surface area contributed by atoms with Crippen LogP contribution < -0.4 is 10.2 Å². The number of esters is 3. The van der Waals surface area contributed by atoms with Gasteiger partial charge in [-0.3, -0.25) is 14.4 Å². The third-order valence-corrected chi connectivity index (χ3v) is 5.54. The molecule has 1 heterocycles. The van der Waals surface area contributed by atoms with Crippen molar-refractivity contribution in [2.45, 2.75) is 26.2 Å². The van der Waals surface area contributed by atoms with Crippen molar-refractivity contribution in [2.24, 2.45) is 5.92 Å². The molecule has 0 saturated carbocycles. The van der Waals surface area contributed by atoms with E-state index in [1.54, 1.807) is 24.3 Å².